The molecule has 25 heavy (non-hydrogen) atoms. The number of nitriles is 1. The van der Waals surface area contributed by atoms with Crippen molar-refractivity contribution in [1.82, 2.24) is 9.78 Å². The minimum atomic E-state index is -0.474. The number of nitrogens with zero attached hydrogens (tertiary/aromatic N) is 4. The van der Waals surface area contributed by atoms with E-state index in [1.807, 2.05) is 6.07 Å². The first-order valence-corrected chi connectivity index (χ1v) is 7.36. The van der Waals surface area contributed by atoms with Crippen molar-refractivity contribution in [2.75, 3.05) is 0 Å². The Labute approximate surface area is 142 Å². The lowest BCUT2D eigenvalue weighted by molar-refractivity contribution is -0.384. The third kappa shape index (κ3) is 3.14. The molecule has 0 aliphatic heterocycles. The Morgan fingerprint density at radius 1 is 1.12 bits per heavy atom. The summed E-state index contributed by atoms with van der Waals surface area (Å²) in [6, 6.07) is 16.0. The quantitative estimate of drug-likeness (QED) is 0.542. The predicted molar refractivity (Wildman–Crippen MR) is 91.4 cm³/mol. The fourth-order valence-corrected chi connectivity index (χ4v) is 2.46. The summed E-state index contributed by atoms with van der Waals surface area (Å²) in [5.74, 6) is 0. The smallest absolute Gasteiger partial charge is 0.267 e. The first-order valence-electron chi connectivity index (χ1n) is 7.36. The summed E-state index contributed by atoms with van der Waals surface area (Å²) in [4.78, 5) is 22.7. The maximum absolute atomic E-state index is 12.4. The van der Waals surface area contributed by atoms with E-state index >= 15 is 0 Å². The second-order valence-electron chi connectivity index (χ2n) is 5.36. The van der Waals surface area contributed by atoms with Crippen molar-refractivity contribution in [3.05, 3.63) is 86.3 Å². The second kappa shape index (κ2) is 6.37. The van der Waals surface area contributed by atoms with Gasteiger partial charge in [-0.1, -0.05) is 0 Å². The number of nitro benzene ring substituents is 1. The van der Waals surface area contributed by atoms with E-state index in [1.165, 1.54) is 22.9 Å². The molecule has 122 valence electrons. The van der Waals surface area contributed by atoms with Crippen molar-refractivity contribution in [1.29, 1.82) is 5.26 Å². The lowest BCUT2D eigenvalue weighted by Gasteiger charge is -2.09. The van der Waals surface area contributed by atoms with Crippen LogP contribution in [0.5, 0.6) is 0 Å². The van der Waals surface area contributed by atoms with Crippen molar-refractivity contribution < 1.29 is 4.92 Å². The van der Waals surface area contributed by atoms with Crippen molar-refractivity contribution in [2.24, 2.45) is 0 Å². The van der Waals surface area contributed by atoms with Gasteiger partial charge in [0.05, 0.1) is 27.9 Å². The first-order chi connectivity index (χ1) is 12.0. The maximum Gasteiger partial charge on any atom is 0.272 e. The third-order valence-electron chi connectivity index (χ3n) is 3.75. The molecule has 0 spiro atoms. The van der Waals surface area contributed by atoms with Gasteiger partial charge >= 0.3 is 0 Å². The van der Waals surface area contributed by atoms with Gasteiger partial charge in [-0.15, -0.1) is 0 Å². The second-order valence-corrected chi connectivity index (χ2v) is 5.36. The van der Waals surface area contributed by atoms with Crippen molar-refractivity contribution in [3.8, 4) is 22.9 Å². The standard InChI is InChI=1S/C18H12N4O3/c1-12-17(14-4-8-16(9-5-14)22(24)25)10-18(23)21(20-12)15-6-2-13(11-19)3-7-15/h2-10H,1H3. The van der Waals surface area contributed by atoms with Gasteiger partial charge in [0.2, 0.25) is 0 Å². The minimum absolute atomic E-state index is 0.0136. The minimum Gasteiger partial charge on any atom is -0.267 e. The molecular weight excluding hydrogens is 320 g/mol. The van der Waals surface area contributed by atoms with Crippen LogP contribution >= 0.6 is 0 Å². The summed E-state index contributed by atoms with van der Waals surface area (Å²) in [7, 11) is 0. The third-order valence-corrected chi connectivity index (χ3v) is 3.75. The van der Waals surface area contributed by atoms with Crippen LogP contribution in [0, 0.1) is 28.4 Å². The molecule has 1 aromatic heterocycles. The lowest BCUT2D eigenvalue weighted by atomic mass is 10.0. The van der Waals surface area contributed by atoms with E-state index < -0.39 is 4.92 Å². The van der Waals surface area contributed by atoms with Gasteiger partial charge in [0.15, 0.2) is 0 Å². The zero-order valence-corrected chi connectivity index (χ0v) is 13.2. The highest BCUT2D eigenvalue weighted by atomic mass is 16.6. The van der Waals surface area contributed by atoms with Crippen LogP contribution in [0.2, 0.25) is 0 Å². The number of aryl methyl sites for hydroxylation is 1. The van der Waals surface area contributed by atoms with Crippen LogP contribution in [-0.4, -0.2) is 14.7 Å². The lowest BCUT2D eigenvalue weighted by Crippen LogP contribution is -2.21. The number of aromatic nitrogens is 2. The molecule has 2 aromatic carbocycles. The van der Waals surface area contributed by atoms with Gasteiger partial charge in [-0.3, -0.25) is 14.9 Å². The maximum atomic E-state index is 12.4. The monoisotopic (exact) mass is 332 g/mol. The fourth-order valence-electron chi connectivity index (χ4n) is 2.46. The van der Waals surface area contributed by atoms with Crippen LogP contribution in [0.25, 0.3) is 16.8 Å². The zero-order chi connectivity index (χ0) is 18.0. The van der Waals surface area contributed by atoms with E-state index in [1.54, 1.807) is 43.3 Å². The van der Waals surface area contributed by atoms with Crippen LogP contribution < -0.4 is 5.56 Å². The van der Waals surface area contributed by atoms with Crippen LogP contribution in [0.1, 0.15) is 11.3 Å². The van der Waals surface area contributed by atoms with E-state index in [0.29, 0.717) is 28.1 Å². The topological polar surface area (TPSA) is 102 Å². The summed E-state index contributed by atoms with van der Waals surface area (Å²) in [6.45, 7) is 1.76. The largest absolute Gasteiger partial charge is 0.272 e. The van der Waals surface area contributed by atoms with Gasteiger partial charge in [-0.25, -0.2) is 0 Å². The number of hydrogen-bond acceptors (Lipinski definition) is 5. The SMILES string of the molecule is Cc1nn(-c2ccc(C#N)cc2)c(=O)cc1-c1ccc([N+](=O)[O-])cc1. The molecular formula is C18H12N4O3. The van der Waals surface area contributed by atoms with Crippen LogP contribution in [0.15, 0.2) is 59.4 Å². The average Bonchev–Trinajstić information content (AvgIpc) is 2.63. The molecule has 0 N–H and O–H groups in total. The number of rotatable bonds is 3. The predicted octanol–water partition coefficient (Wildman–Crippen LogP) is 2.99. The van der Waals surface area contributed by atoms with Gasteiger partial charge in [-0.05, 0) is 48.9 Å². The molecule has 0 saturated heterocycles. The Hall–Kier alpha value is -3.79. The molecule has 0 atom stereocenters. The zero-order valence-electron chi connectivity index (χ0n) is 13.2. The normalized spacial score (nSPS) is 10.2. The Bertz CT molecular complexity index is 1050. The molecule has 0 fully saturated rings. The highest BCUT2D eigenvalue weighted by molar-refractivity contribution is 5.66. The van der Waals surface area contributed by atoms with Gasteiger partial charge in [0.1, 0.15) is 0 Å². The molecule has 7 heteroatoms. The molecule has 0 bridgehead atoms. The van der Waals surface area contributed by atoms with Crippen molar-refractivity contribution in [2.45, 2.75) is 6.92 Å². The number of benzene rings is 2. The molecule has 0 aliphatic rings. The Morgan fingerprint density at radius 3 is 2.32 bits per heavy atom. The molecule has 0 saturated carbocycles. The fraction of sp³-hybridized carbons (Fsp3) is 0.0556. The average molecular weight is 332 g/mol. The summed E-state index contributed by atoms with van der Waals surface area (Å²) in [5.41, 5.74) is 2.62. The molecule has 7 nitrogen and oxygen atoms in total. The Balaban J connectivity index is 2.04. The van der Waals surface area contributed by atoms with E-state index in [0.717, 1.165) is 0 Å². The van der Waals surface area contributed by atoms with E-state index in [2.05, 4.69) is 5.10 Å². The summed E-state index contributed by atoms with van der Waals surface area (Å²) >= 11 is 0. The number of hydrogen-bond donors (Lipinski definition) is 0. The highest BCUT2D eigenvalue weighted by Gasteiger charge is 2.11. The first kappa shape index (κ1) is 16.1. The molecule has 0 radical (unpaired) electrons. The van der Waals surface area contributed by atoms with E-state index in [9.17, 15) is 14.9 Å². The van der Waals surface area contributed by atoms with Crippen LogP contribution in [0.3, 0.4) is 0 Å². The number of non-ortho nitro benzene ring substituents is 1. The highest BCUT2D eigenvalue weighted by Crippen LogP contribution is 2.23. The van der Waals surface area contributed by atoms with Crippen LogP contribution in [-0.2, 0) is 0 Å². The molecule has 3 rings (SSSR count). The molecule has 0 aliphatic carbocycles. The summed E-state index contributed by atoms with van der Waals surface area (Å²) in [6.07, 6.45) is 0. The number of nitro groups is 1. The van der Waals surface area contributed by atoms with Gasteiger partial charge in [0, 0.05) is 23.8 Å². The molecule has 3 aromatic rings. The molecule has 1 heterocycles. The van der Waals surface area contributed by atoms with E-state index in [4.69, 9.17) is 5.26 Å². The summed E-state index contributed by atoms with van der Waals surface area (Å²) in [5, 5.41) is 23.9. The van der Waals surface area contributed by atoms with Crippen molar-refractivity contribution >= 4 is 5.69 Å². The van der Waals surface area contributed by atoms with Crippen molar-refractivity contribution in [3.63, 3.8) is 0 Å². The van der Waals surface area contributed by atoms with E-state index in [-0.39, 0.29) is 11.2 Å². The summed E-state index contributed by atoms with van der Waals surface area (Å²) < 4.78 is 1.26. The van der Waals surface area contributed by atoms with Crippen LogP contribution in [0.4, 0.5) is 5.69 Å². The van der Waals surface area contributed by atoms with Gasteiger partial charge in [0.25, 0.3) is 11.2 Å². The Morgan fingerprint density at radius 2 is 1.76 bits per heavy atom. The molecule has 0 amide bonds. The van der Waals surface area contributed by atoms with Gasteiger partial charge in [-0.2, -0.15) is 15.0 Å². The van der Waals surface area contributed by atoms with Gasteiger partial charge < -0.3 is 0 Å². The molecule has 0 unspecified atom stereocenters. The Kier molecular flexibility index (Phi) is 4.10.